The highest BCUT2D eigenvalue weighted by atomic mass is 35.5. The minimum Gasteiger partial charge on any atom is -0.484 e. The number of hydrogen-bond acceptors (Lipinski definition) is 2. The van der Waals surface area contributed by atoms with Gasteiger partial charge in [0.15, 0.2) is 0 Å². The lowest BCUT2D eigenvalue weighted by Gasteiger charge is -2.28. The van der Waals surface area contributed by atoms with Crippen LogP contribution in [0.15, 0.2) is 30.3 Å². The molecule has 0 bridgehead atoms. The van der Waals surface area contributed by atoms with Gasteiger partial charge in [0.25, 0.3) is 0 Å². The Morgan fingerprint density at radius 2 is 1.74 bits per heavy atom. The first-order valence-corrected chi connectivity index (χ1v) is 8.51. The van der Waals surface area contributed by atoms with Gasteiger partial charge < -0.3 is 9.64 Å². The van der Waals surface area contributed by atoms with Gasteiger partial charge in [-0.2, -0.15) is 0 Å². The third kappa shape index (κ3) is 3.08. The van der Waals surface area contributed by atoms with Crippen LogP contribution in [0.3, 0.4) is 0 Å². The van der Waals surface area contributed by atoms with Gasteiger partial charge in [0.05, 0.1) is 6.04 Å². The Balaban J connectivity index is 2.06. The molecule has 2 atom stereocenters. The van der Waals surface area contributed by atoms with Crippen LogP contribution in [-0.4, -0.2) is 25.0 Å². The van der Waals surface area contributed by atoms with Crippen LogP contribution in [0.4, 0.5) is 0 Å². The van der Waals surface area contributed by atoms with E-state index in [0.29, 0.717) is 5.02 Å². The third-order valence-corrected chi connectivity index (χ3v) is 5.14. The summed E-state index contributed by atoms with van der Waals surface area (Å²) in [5.74, 6) is 0.952. The summed E-state index contributed by atoms with van der Waals surface area (Å²) in [6, 6.07) is 10.2. The molecule has 0 aliphatic heterocycles. The number of hydrogen-bond donors (Lipinski definition) is 0. The molecular formula is C19H21Cl2NO. The second-order valence-electron chi connectivity index (χ2n) is 6.45. The minimum absolute atomic E-state index is 0.0731. The van der Waals surface area contributed by atoms with Crippen LogP contribution in [0.25, 0.3) is 0 Å². The second-order valence-corrected chi connectivity index (χ2v) is 7.29. The Kier molecular flexibility index (Phi) is 4.59. The molecule has 0 fully saturated rings. The summed E-state index contributed by atoms with van der Waals surface area (Å²) in [5.41, 5.74) is 4.53. The highest BCUT2D eigenvalue weighted by Gasteiger charge is 2.37. The van der Waals surface area contributed by atoms with Crippen molar-refractivity contribution in [1.82, 2.24) is 4.90 Å². The van der Waals surface area contributed by atoms with Crippen LogP contribution in [0, 0.1) is 13.8 Å². The van der Waals surface area contributed by atoms with E-state index in [1.165, 1.54) is 0 Å². The molecule has 2 aromatic carbocycles. The van der Waals surface area contributed by atoms with Gasteiger partial charge in [0.1, 0.15) is 11.9 Å². The number of aryl methyl sites for hydroxylation is 2. The number of rotatable bonds is 3. The third-order valence-electron chi connectivity index (χ3n) is 4.58. The number of halogens is 2. The highest BCUT2D eigenvalue weighted by molar-refractivity contribution is 6.35. The van der Waals surface area contributed by atoms with Crippen molar-refractivity contribution >= 4 is 23.2 Å². The molecule has 0 radical (unpaired) electrons. The minimum atomic E-state index is -0.0731. The Hall–Kier alpha value is -1.22. The summed E-state index contributed by atoms with van der Waals surface area (Å²) in [6.07, 6.45) is 0.796. The van der Waals surface area contributed by atoms with Gasteiger partial charge in [0.2, 0.25) is 0 Å². The zero-order valence-electron chi connectivity index (χ0n) is 13.9. The van der Waals surface area contributed by atoms with Crippen LogP contribution < -0.4 is 4.74 Å². The zero-order valence-corrected chi connectivity index (χ0v) is 15.4. The predicted molar refractivity (Wildman–Crippen MR) is 96.9 cm³/mol. The first-order chi connectivity index (χ1) is 10.9. The molecule has 0 saturated carbocycles. The van der Waals surface area contributed by atoms with E-state index in [-0.39, 0.29) is 12.1 Å². The molecule has 0 saturated heterocycles. The molecule has 0 aromatic heterocycles. The molecule has 0 heterocycles. The molecule has 2 nitrogen and oxygen atoms in total. The van der Waals surface area contributed by atoms with E-state index < -0.39 is 0 Å². The molecule has 1 aliphatic carbocycles. The second kappa shape index (κ2) is 6.35. The summed E-state index contributed by atoms with van der Waals surface area (Å²) in [7, 11) is 4.15. The van der Waals surface area contributed by atoms with E-state index in [4.69, 9.17) is 27.9 Å². The van der Waals surface area contributed by atoms with E-state index >= 15 is 0 Å². The average Bonchev–Trinajstić information content (AvgIpc) is 2.82. The summed E-state index contributed by atoms with van der Waals surface area (Å²) < 4.78 is 6.49. The fraction of sp³-hybridized carbons (Fsp3) is 0.368. The molecule has 0 N–H and O–H groups in total. The summed E-state index contributed by atoms with van der Waals surface area (Å²) >= 11 is 12.7. The smallest absolute Gasteiger partial charge is 0.140 e. The predicted octanol–water partition coefficient (Wildman–Crippen LogP) is 5.22. The largest absolute Gasteiger partial charge is 0.484 e. The first-order valence-electron chi connectivity index (χ1n) is 7.75. The van der Waals surface area contributed by atoms with Gasteiger partial charge in [-0.1, -0.05) is 41.4 Å². The molecule has 0 spiro atoms. The van der Waals surface area contributed by atoms with E-state index in [2.05, 4.69) is 51.0 Å². The maximum absolute atomic E-state index is 6.49. The zero-order chi connectivity index (χ0) is 16.7. The van der Waals surface area contributed by atoms with Crippen molar-refractivity contribution in [2.75, 3.05) is 14.1 Å². The molecule has 0 amide bonds. The standard InChI is InChI=1S/C19H21Cl2NO/c1-11-6-5-7-12(2)18(11)23-19-15-8-13(20)9-16(21)14(15)10-17(19)22(3)4/h5-9,17,19H,10H2,1-4H3/t17-,19-/m0/s1. The van der Waals surface area contributed by atoms with Crippen molar-refractivity contribution in [3.05, 3.63) is 62.6 Å². The van der Waals surface area contributed by atoms with Crippen molar-refractivity contribution in [1.29, 1.82) is 0 Å². The van der Waals surface area contributed by atoms with E-state index in [0.717, 1.165) is 39.4 Å². The highest BCUT2D eigenvalue weighted by Crippen LogP contribution is 2.43. The van der Waals surface area contributed by atoms with Gasteiger partial charge in [0, 0.05) is 15.6 Å². The van der Waals surface area contributed by atoms with E-state index in [1.54, 1.807) is 0 Å². The lowest BCUT2D eigenvalue weighted by Crippen LogP contribution is -2.34. The number of para-hydroxylation sites is 1. The molecule has 0 unspecified atom stereocenters. The average molecular weight is 350 g/mol. The molecule has 1 aliphatic rings. The number of likely N-dealkylation sites (N-methyl/N-ethyl adjacent to an activating group) is 1. The van der Waals surface area contributed by atoms with E-state index in [1.807, 2.05) is 12.1 Å². The summed E-state index contributed by atoms with van der Waals surface area (Å²) in [4.78, 5) is 2.20. The lowest BCUT2D eigenvalue weighted by atomic mass is 10.1. The lowest BCUT2D eigenvalue weighted by molar-refractivity contribution is 0.110. The number of nitrogens with zero attached hydrogens (tertiary/aromatic N) is 1. The fourth-order valence-electron chi connectivity index (χ4n) is 3.32. The van der Waals surface area contributed by atoms with Gasteiger partial charge >= 0.3 is 0 Å². The Bertz CT molecular complexity index is 722. The Morgan fingerprint density at radius 3 is 2.35 bits per heavy atom. The van der Waals surface area contributed by atoms with Gasteiger partial charge in [-0.25, -0.2) is 0 Å². The topological polar surface area (TPSA) is 12.5 Å². The number of fused-ring (bicyclic) bond motifs is 1. The number of ether oxygens (including phenoxy) is 1. The molecular weight excluding hydrogens is 329 g/mol. The SMILES string of the molecule is Cc1cccc(C)c1O[C@H]1c2cc(Cl)cc(Cl)c2C[C@@H]1N(C)C. The quantitative estimate of drug-likeness (QED) is 0.753. The van der Waals surface area contributed by atoms with Crippen molar-refractivity contribution in [2.45, 2.75) is 32.4 Å². The fourth-order valence-corrected chi connectivity index (χ4v) is 3.91. The molecule has 4 heteroatoms. The van der Waals surface area contributed by atoms with Crippen molar-refractivity contribution in [3.63, 3.8) is 0 Å². The van der Waals surface area contributed by atoms with Crippen molar-refractivity contribution in [3.8, 4) is 5.75 Å². The summed E-state index contributed by atoms with van der Waals surface area (Å²) in [6.45, 7) is 4.15. The molecule has 3 rings (SSSR count). The van der Waals surface area contributed by atoms with Crippen LogP contribution in [0.5, 0.6) is 5.75 Å². The normalized spacial score (nSPS) is 20.0. The van der Waals surface area contributed by atoms with Gasteiger partial charge in [-0.15, -0.1) is 0 Å². The van der Waals surface area contributed by atoms with Gasteiger partial charge in [-0.3, -0.25) is 0 Å². The van der Waals surface area contributed by atoms with Crippen LogP contribution in [0.2, 0.25) is 10.0 Å². The number of benzene rings is 2. The first kappa shape index (κ1) is 16.6. The van der Waals surface area contributed by atoms with Crippen LogP contribution in [-0.2, 0) is 6.42 Å². The summed E-state index contributed by atoms with van der Waals surface area (Å²) in [5, 5.41) is 1.38. The van der Waals surface area contributed by atoms with Gasteiger partial charge in [-0.05, 0) is 63.2 Å². The monoisotopic (exact) mass is 349 g/mol. The molecule has 23 heavy (non-hydrogen) atoms. The van der Waals surface area contributed by atoms with Crippen LogP contribution in [0.1, 0.15) is 28.4 Å². The Labute approximate surface area is 148 Å². The van der Waals surface area contributed by atoms with E-state index in [9.17, 15) is 0 Å². The maximum Gasteiger partial charge on any atom is 0.140 e. The molecule has 122 valence electrons. The van der Waals surface area contributed by atoms with Crippen molar-refractivity contribution < 1.29 is 4.74 Å². The van der Waals surface area contributed by atoms with Crippen molar-refractivity contribution in [2.24, 2.45) is 0 Å². The maximum atomic E-state index is 6.49. The molecule has 2 aromatic rings. The van der Waals surface area contributed by atoms with Crippen LogP contribution >= 0.6 is 23.2 Å². The Morgan fingerprint density at radius 1 is 1.09 bits per heavy atom.